The van der Waals surface area contributed by atoms with E-state index < -0.39 is 5.97 Å². The van der Waals surface area contributed by atoms with Crippen LogP contribution in [0, 0.1) is 0 Å². The van der Waals surface area contributed by atoms with Gasteiger partial charge < -0.3 is 9.84 Å². The van der Waals surface area contributed by atoms with Crippen LogP contribution in [0.1, 0.15) is 15.9 Å². The largest absolute Gasteiger partial charge is 0.478 e. The average molecular weight is 230 g/mol. The number of ether oxygens (including phenoxy) is 1. The van der Waals surface area contributed by atoms with E-state index in [-0.39, 0.29) is 11.6 Å². The first-order valence-electron chi connectivity index (χ1n) is 4.98. The van der Waals surface area contributed by atoms with Crippen molar-refractivity contribution in [2.45, 2.75) is 6.61 Å². The second-order valence-electron chi connectivity index (χ2n) is 3.33. The SMILES string of the molecule is O=C(O)c1cnc(OCc2ccccc2)nc1. The van der Waals surface area contributed by atoms with Gasteiger partial charge in [-0.1, -0.05) is 30.3 Å². The Morgan fingerprint density at radius 1 is 1.18 bits per heavy atom. The molecule has 0 aliphatic heterocycles. The van der Waals surface area contributed by atoms with Crippen molar-refractivity contribution in [3.63, 3.8) is 0 Å². The van der Waals surface area contributed by atoms with Gasteiger partial charge in [-0.2, -0.15) is 0 Å². The maximum Gasteiger partial charge on any atom is 0.338 e. The molecule has 2 aromatic rings. The molecule has 5 heteroatoms. The molecule has 0 atom stereocenters. The van der Waals surface area contributed by atoms with E-state index in [1.54, 1.807) is 0 Å². The topological polar surface area (TPSA) is 72.3 Å². The summed E-state index contributed by atoms with van der Waals surface area (Å²) < 4.78 is 5.31. The highest BCUT2D eigenvalue weighted by atomic mass is 16.5. The zero-order chi connectivity index (χ0) is 12.1. The van der Waals surface area contributed by atoms with Crippen molar-refractivity contribution < 1.29 is 14.6 Å². The fourth-order valence-electron chi connectivity index (χ4n) is 1.22. The zero-order valence-corrected chi connectivity index (χ0v) is 8.91. The van der Waals surface area contributed by atoms with Crippen LogP contribution in [0.4, 0.5) is 0 Å². The zero-order valence-electron chi connectivity index (χ0n) is 8.91. The third-order valence-electron chi connectivity index (χ3n) is 2.09. The lowest BCUT2D eigenvalue weighted by Crippen LogP contribution is -2.02. The molecule has 0 unspecified atom stereocenters. The number of aromatic nitrogens is 2. The molecular formula is C12H10N2O3. The summed E-state index contributed by atoms with van der Waals surface area (Å²) in [5, 5.41) is 8.66. The normalized spacial score (nSPS) is 9.88. The van der Waals surface area contributed by atoms with Gasteiger partial charge in [0, 0.05) is 12.4 Å². The number of hydrogen-bond donors (Lipinski definition) is 1. The Hall–Kier alpha value is -2.43. The number of rotatable bonds is 4. The molecule has 0 aliphatic carbocycles. The van der Waals surface area contributed by atoms with E-state index in [4.69, 9.17) is 9.84 Å². The van der Waals surface area contributed by atoms with E-state index in [0.717, 1.165) is 5.56 Å². The third-order valence-corrected chi connectivity index (χ3v) is 2.09. The number of hydrogen-bond acceptors (Lipinski definition) is 4. The summed E-state index contributed by atoms with van der Waals surface area (Å²) in [6.07, 6.45) is 2.44. The standard InChI is InChI=1S/C12H10N2O3/c15-11(16)10-6-13-12(14-7-10)17-8-9-4-2-1-3-5-9/h1-7H,8H2,(H,15,16). The van der Waals surface area contributed by atoms with Gasteiger partial charge >= 0.3 is 12.0 Å². The number of benzene rings is 1. The lowest BCUT2D eigenvalue weighted by molar-refractivity contribution is 0.0695. The van der Waals surface area contributed by atoms with Crippen molar-refractivity contribution in [1.82, 2.24) is 9.97 Å². The van der Waals surface area contributed by atoms with Gasteiger partial charge in [0.25, 0.3) is 0 Å². The Kier molecular flexibility index (Phi) is 3.30. The van der Waals surface area contributed by atoms with E-state index in [2.05, 4.69) is 9.97 Å². The van der Waals surface area contributed by atoms with Crippen molar-refractivity contribution in [3.8, 4) is 6.01 Å². The molecule has 0 bridgehead atoms. The summed E-state index contributed by atoms with van der Waals surface area (Å²) in [5.41, 5.74) is 1.04. The molecule has 17 heavy (non-hydrogen) atoms. The van der Waals surface area contributed by atoms with Gasteiger partial charge in [0.2, 0.25) is 0 Å². The second kappa shape index (κ2) is 5.07. The Labute approximate surface area is 97.7 Å². The molecule has 2 rings (SSSR count). The summed E-state index contributed by atoms with van der Waals surface area (Å²) in [6.45, 7) is 0.354. The highest BCUT2D eigenvalue weighted by Crippen LogP contribution is 2.06. The Balaban J connectivity index is 1.98. The summed E-state index contributed by atoms with van der Waals surface area (Å²) in [6, 6.07) is 9.75. The van der Waals surface area contributed by atoms with Crippen molar-refractivity contribution >= 4 is 5.97 Å². The van der Waals surface area contributed by atoms with Crippen LogP contribution < -0.4 is 4.74 Å². The lowest BCUT2D eigenvalue weighted by atomic mass is 10.2. The van der Waals surface area contributed by atoms with Gasteiger partial charge in [0.1, 0.15) is 6.61 Å². The van der Waals surface area contributed by atoms with E-state index in [0.29, 0.717) is 6.61 Å². The van der Waals surface area contributed by atoms with Crippen LogP contribution >= 0.6 is 0 Å². The number of carboxylic acid groups (broad SMARTS) is 1. The van der Waals surface area contributed by atoms with Crippen LogP contribution in [0.25, 0.3) is 0 Å². The molecule has 1 heterocycles. The molecule has 0 spiro atoms. The number of carbonyl (C=O) groups is 1. The van der Waals surface area contributed by atoms with Crippen LogP contribution in [0.5, 0.6) is 6.01 Å². The van der Waals surface area contributed by atoms with Gasteiger partial charge in [0.15, 0.2) is 0 Å². The van der Waals surface area contributed by atoms with Crippen molar-refractivity contribution in [3.05, 3.63) is 53.9 Å². The smallest absolute Gasteiger partial charge is 0.338 e. The lowest BCUT2D eigenvalue weighted by Gasteiger charge is -2.03. The van der Waals surface area contributed by atoms with Crippen molar-refractivity contribution in [2.24, 2.45) is 0 Å². The highest BCUT2D eigenvalue weighted by molar-refractivity contribution is 5.86. The summed E-state index contributed by atoms with van der Waals surface area (Å²) >= 11 is 0. The number of carboxylic acids is 1. The molecule has 0 saturated heterocycles. The Morgan fingerprint density at radius 3 is 2.41 bits per heavy atom. The van der Waals surface area contributed by atoms with Crippen LogP contribution in [0.15, 0.2) is 42.7 Å². The molecule has 5 nitrogen and oxygen atoms in total. The minimum absolute atomic E-state index is 0.0389. The third kappa shape index (κ3) is 3.01. The van der Waals surface area contributed by atoms with Crippen LogP contribution in [-0.4, -0.2) is 21.0 Å². The van der Waals surface area contributed by atoms with Gasteiger partial charge in [-0.25, -0.2) is 14.8 Å². The predicted octanol–water partition coefficient (Wildman–Crippen LogP) is 1.75. The minimum atomic E-state index is -1.06. The quantitative estimate of drug-likeness (QED) is 0.866. The molecular weight excluding hydrogens is 220 g/mol. The van der Waals surface area contributed by atoms with Crippen molar-refractivity contribution in [1.29, 1.82) is 0 Å². The van der Waals surface area contributed by atoms with E-state index in [1.165, 1.54) is 12.4 Å². The summed E-state index contributed by atoms with van der Waals surface area (Å²) in [5.74, 6) is -1.06. The number of aromatic carboxylic acids is 1. The predicted molar refractivity (Wildman–Crippen MR) is 59.8 cm³/mol. The molecule has 86 valence electrons. The van der Waals surface area contributed by atoms with Gasteiger partial charge in [-0.05, 0) is 5.56 Å². The van der Waals surface area contributed by atoms with Gasteiger partial charge in [-0.15, -0.1) is 0 Å². The molecule has 0 aliphatic rings. The van der Waals surface area contributed by atoms with Crippen LogP contribution in [0.2, 0.25) is 0 Å². The summed E-state index contributed by atoms with van der Waals surface area (Å²) in [4.78, 5) is 18.2. The first-order chi connectivity index (χ1) is 8.25. The van der Waals surface area contributed by atoms with Gasteiger partial charge in [-0.3, -0.25) is 0 Å². The average Bonchev–Trinajstić information content (AvgIpc) is 2.38. The van der Waals surface area contributed by atoms with Crippen molar-refractivity contribution in [2.75, 3.05) is 0 Å². The Bertz CT molecular complexity index is 497. The maximum atomic E-state index is 10.6. The number of nitrogens with zero attached hydrogens (tertiary/aromatic N) is 2. The monoisotopic (exact) mass is 230 g/mol. The maximum absolute atomic E-state index is 10.6. The molecule has 1 aromatic heterocycles. The Morgan fingerprint density at radius 2 is 1.82 bits per heavy atom. The second-order valence-corrected chi connectivity index (χ2v) is 3.33. The van der Waals surface area contributed by atoms with E-state index >= 15 is 0 Å². The van der Waals surface area contributed by atoms with E-state index in [1.807, 2.05) is 30.3 Å². The molecule has 0 fully saturated rings. The molecule has 0 saturated carbocycles. The molecule has 0 amide bonds. The molecule has 1 aromatic carbocycles. The fraction of sp³-hybridized carbons (Fsp3) is 0.0833. The first kappa shape index (κ1) is 11.1. The highest BCUT2D eigenvalue weighted by Gasteiger charge is 2.04. The van der Waals surface area contributed by atoms with E-state index in [9.17, 15) is 4.79 Å². The minimum Gasteiger partial charge on any atom is -0.478 e. The fourth-order valence-corrected chi connectivity index (χ4v) is 1.22. The molecule has 1 N–H and O–H groups in total. The summed E-state index contributed by atoms with van der Waals surface area (Å²) in [7, 11) is 0. The molecule has 0 radical (unpaired) electrons. The van der Waals surface area contributed by atoms with Gasteiger partial charge in [0.05, 0.1) is 5.56 Å². The first-order valence-corrected chi connectivity index (χ1v) is 4.98. The van der Waals surface area contributed by atoms with Crippen LogP contribution in [-0.2, 0) is 6.61 Å². The van der Waals surface area contributed by atoms with Crippen LogP contribution in [0.3, 0.4) is 0 Å².